The minimum atomic E-state index is -0.619. The molecule has 1 aromatic rings. The van der Waals surface area contributed by atoms with Crippen LogP contribution in [0.3, 0.4) is 0 Å². The van der Waals surface area contributed by atoms with Gasteiger partial charge in [0.15, 0.2) is 6.61 Å². The summed E-state index contributed by atoms with van der Waals surface area (Å²) in [5.41, 5.74) is 7.80. The number of carbonyl (C=O) groups is 1. The van der Waals surface area contributed by atoms with E-state index in [1.165, 1.54) is 7.11 Å². The molecule has 0 aliphatic carbocycles. The second-order valence-electron chi connectivity index (χ2n) is 4.73. The van der Waals surface area contributed by atoms with Crippen molar-refractivity contribution in [2.24, 2.45) is 0 Å². The molecule has 4 N–H and O–H groups in total. The Bertz CT molecular complexity index is 507. The summed E-state index contributed by atoms with van der Waals surface area (Å²) < 4.78 is 10.2. The van der Waals surface area contributed by atoms with E-state index in [4.69, 9.17) is 15.2 Å². The van der Waals surface area contributed by atoms with Crippen molar-refractivity contribution in [3.63, 3.8) is 0 Å². The van der Waals surface area contributed by atoms with Gasteiger partial charge in [0.25, 0.3) is 5.91 Å². The number of rotatable bonds is 5. The summed E-state index contributed by atoms with van der Waals surface area (Å²) in [6.45, 7) is 0.606. The lowest BCUT2D eigenvalue weighted by Gasteiger charge is -2.26. The standard InChI is InChI=1S/C13H19N3O4/c1-16(5-8(17)6-19-2)11-4-10-12(3-9(11)14)20-7-13(18)15-10/h3-4,8,17H,5-7,14H2,1-2H3,(H,15,18). The van der Waals surface area contributed by atoms with Gasteiger partial charge in [0.2, 0.25) is 0 Å². The number of methoxy groups -OCH3 is 1. The van der Waals surface area contributed by atoms with Gasteiger partial charge in [-0.25, -0.2) is 0 Å². The Morgan fingerprint density at radius 2 is 2.35 bits per heavy atom. The number of nitrogen functional groups attached to an aromatic ring is 1. The summed E-state index contributed by atoms with van der Waals surface area (Å²) in [6, 6.07) is 3.41. The van der Waals surface area contributed by atoms with Crippen molar-refractivity contribution < 1.29 is 19.4 Å². The van der Waals surface area contributed by atoms with E-state index in [9.17, 15) is 9.90 Å². The average Bonchev–Trinajstić information content (AvgIpc) is 2.38. The third kappa shape index (κ3) is 3.12. The van der Waals surface area contributed by atoms with Crippen molar-refractivity contribution >= 4 is 23.0 Å². The van der Waals surface area contributed by atoms with Gasteiger partial charge in [-0.1, -0.05) is 0 Å². The average molecular weight is 281 g/mol. The zero-order valence-electron chi connectivity index (χ0n) is 11.5. The van der Waals surface area contributed by atoms with Crippen molar-refractivity contribution in [3.8, 4) is 5.75 Å². The van der Waals surface area contributed by atoms with Crippen molar-refractivity contribution in [2.45, 2.75) is 6.10 Å². The summed E-state index contributed by atoms with van der Waals surface area (Å²) in [4.78, 5) is 13.1. The SMILES string of the molecule is COCC(O)CN(C)c1cc2c(cc1N)OCC(=O)N2. The van der Waals surface area contributed by atoms with Crippen LogP contribution in [-0.2, 0) is 9.53 Å². The summed E-state index contributed by atoms with van der Waals surface area (Å²) in [5.74, 6) is 0.354. The maximum absolute atomic E-state index is 11.3. The fourth-order valence-electron chi connectivity index (χ4n) is 2.12. The Hall–Kier alpha value is -1.99. The maximum atomic E-state index is 11.3. The van der Waals surface area contributed by atoms with Crippen LogP contribution in [0.1, 0.15) is 0 Å². The second kappa shape index (κ2) is 5.98. The topological polar surface area (TPSA) is 97.1 Å². The van der Waals surface area contributed by atoms with Crippen molar-refractivity contribution in [2.75, 3.05) is 49.9 Å². The first-order valence-corrected chi connectivity index (χ1v) is 6.25. The first-order chi connectivity index (χ1) is 9.51. The third-order valence-corrected chi connectivity index (χ3v) is 3.02. The van der Waals surface area contributed by atoms with E-state index in [1.54, 1.807) is 17.0 Å². The van der Waals surface area contributed by atoms with E-state index in [1.807, 2.05) is 7.05 Å². The van der Waals surface area contributed by atoms with Gasteiger partial charge >= 0.3 is 0 Å². The van der Waals surface area contributed by atoms with Crippen LogP contribution in [0.4, 0.5) is 17.1 Å². The molecule has 0 aromatic heterocycles. The molecule has 110 valence electrons. The van der Waals surface area contributed by atoms with Crippen LogP contribution in [0.25, 0.3) is 0 Å². The van der Waals surface area contributed by atoms with E-state index < -0.39 is 6.10 Å². The predicted molar refractivity (Wildman–Crippen MR) is 76.1 cm³/mol. The number of aliphatic hydroxyl groups is 1. The number of carbonyl (C=O) groups excluding carboxylic acids is 1. The highest BCUT2D eigenvalue weighted by atomic mass is 16.5. The second-order valence-corrected chi connectivity index (χ2v) is 4.73. The zero-order valence-corrected chi connectivity index (χ0v) is 11.5. The van der Waals surface area contributed by atoms with Gasteiger partial charge in [0.1, 0.15) is 5.75 Å². The molecule has 7 heteroatoms. The number of anilines is 3. The molecule has 1 aliphatic heterocycles. The molecule has 2 rings (SSSR count). The van der Waals surface area contributed by atoms with Crippen LogP contribution in [-0.4, -0.2) is 51.0 Å². The monoisotopic (exact) mass is 281 g/mol. The number of hydrogen-bond acceptors (Lipinski definition) is 6. The Labute approximate surface area is 117 Å². The quantitative estimate of drug-likeness (QED) is 0.660. The Kier molecular flexibility index (Phi) is 4.31. The molecule has 0 spiro atoms. The van der Waals surface area contributed by atoms with E-state index in [-0.39, 0.29) is 19.1 Å². The van der Waals surface area contributed by atoms with Crippen LogP contribution in [0.2, 0.25) is 0 Å². The number of ether oxygens (including phenoxy) is 2. The minimum absolute atomic E-state index is 0.00577. The number of nitrogens with two attached hydrogens (primary N) is 1. The molecule has 0 fully saturated rings. The summed E-state index contributed by atoms with van der Waals surface area (Å²) in [6.07, 6.45) is -0.619. The number of hydrogen-bond donors (Lipinski definition) is 3. The fourth-order valence-corrected chi connectivity index (χ4v) is 2.12. The molecule has 0 saturated heterocycles. The number of aliphatic hydroxyl groups excluding tert-OH is 1. The molecule has 7 nitrogen and oxygen atoms in total. The van der Waals surface area contributed by atoms with E-state index in [0.717, 1.165) is 0 Å². The normalized spacial score (nSPS) is 15.1. The molecule has 1 amide bonds. The molecule has 1 unspecified atom stereocenters. The Morgan fingerprint density at radius 1 is 1.60 bits per heavy atom. The third-order valence-electron chi connectivity index (χ3n) is 3.02. The fraction of sp³-hybridized carbons (Fsp3) is 0.462. The summed E-state index contributed by atoms with van der Waals surface area (Å²) in [7, 11) is 3.34. The molecule has 1 aliphatic rings. The first-order valence-electron chi connectivity index (χ1n) is 6.25. The van der Waals surface area contributed by atoms with Gasteiger partial charge in [-0.3, -0.25) is 4.79 Å². The Morgan fingerprint density at radius 3 is 3.05 bits per heavy atom. The molecule has 1 heterocycles. The lowest BCUT2D eigenvalue weighted by atomic mass is 10.2. The predicted octanol–water partition coefficient (Wildman–Crippen LogP) is 0.0432. The number of benzene rings is 1. The lowest BCUT2D eigenvalue weighted by molar-refractivity contribution is -0.118. The van der Waals surface area contributed by atoms with Crippen LogP contribution in [0.5, 0.6) is 5.75 Å². The maximum Gasteiger partial charge on any atom is 0.262 e. The summed E-state index contributed by atoms with van der Waals surface area (Å²) >= 11 is 0. The number of likely N-dealkylation sites (N-methyl/N-ethyl adjacent to an activating group) is 1. The van der Waals surface area contributed by atoms with Crippen molar-refractivity contribution in [1.82, 2.24) is 0 Å². The van der Waals surface area contributed by atoms with Gasteiger partial charge in [0, 0.05) is 26.8 Å². The van der Waals surface area contributed by atoms with Crippen molar-refractivity contribution in [3.05, 3.63) is 12.1 Å². The van der Waals surface area contributed by atoms with Crippen molar-refractivity contribution in [1.29, 1.82) is 0 Å². The number of fused-ring (bicyclic) bond motifs is 1. The number of nitrogens with one attached hydrogen (secondary N) is 1. The number of amides is 1. The van der Waals surface area contributed by atoms with Crippen LogP contribution < -0.4 is 20.7 Å². The van der Waals surface area contributed by atoms with Crippen LogP contribution >= 0.6 is 0 Å². The van der Waals surface area contributed by atoms with Gasteiger partial charge in [0.05, 0.1) is 29.8 Å². The largest absolute Gasteiger partial charge is 0.482 e. The molecule has 0 radical (unpaired) electrons. The highest BCUT2D eigenvalue weighted by molar-refractivity contribution is 5.97. The smallest absolute Gasteiger partial charge is 0.262 e. The molecule has 0 bridgehead atoms. The van der Waals surface area contributed by atoms with Gasteiger partial charge in [-0.05, 0) is 6.07 Å². The highest BCUT2D eigenvalue weighted by Gasteiger charge is 2.20. The molecular weight excluding hydrogens is 262 g/mol. The molecule has 20 heavy (non-hydrogen) atoms. The molecule has 1 aromatic carbocycles. The van der Waals surface area contributed by atoms with Gasteiger partial charge in [-0.15, -0.1) is 0 Å². The lowest BCUT2D eigenvalue weighted by Crippen LogP contribution is -2.32. The van der Waals surface area contributed by atoms with Crippen LogP contribution in [0, 0.1) is 0 Å². The molecular formula is C13H19N3O4. The minimum Gasteiger partial charge on any atom is -0.482 e. The van der Waals surface area contributed by atoms with E-state index in [0.29, 0.717) is 29.4 Å². The first kappa shape index (κ1) is 14.4. The van der Waals surface area contributed by atoms with Gasteiger partial charge < -0.3 is 30.5 Å². The molecule has 1 atom stereocenters. The van der Waals surface area contributed by atoms with Crippen LogP contribution in [0.15, 0.2) is 12.1 Å². The van der Waals surface area contributed by atoms with E-state index >= 15 is 0 Å². The molecule has 0 saturated carbocycles. The highest BCUT2D eigenvalue weighted by Crippen LogP contribution is 2.36. The van der Waals surface area contributed by atoms with E-state index in [2.05, 4.69) is 5.32 Å². The number of nitrogens with zero attached hydrogens (tertiary/aromatic N) is 1. The Balaban J connectivity index is 2.19. The zero-order chi connectivity index (χ0) is 14.7. The summed E-state index contributed by atoms with van der Waals surface area (Å²) in [5, 5.41) is 12.5. The van der Waals surface area contributed by atoms with Gasteiger partial charge in [-0.2, -0.15) is 0 Å².